The number of aryl methyl sites for hydroxylation is 1. The predicted molar refractivity (Wildman–Crippen MR) is 136 cm³/mol. The normalized spacial score (nSPS) is 16.9. The molecule has 6 nitrogen and oxygen atoms in total. The molecule has 1 saturated heterocycles. The van der Waals surface area contributed by atoms with E-state index in [1.165, 1.54) is 11.3 Å². The second-order valence-corrected chi connectivity index (χ2v) is 11.6. The quantitative estimate of drug-likeness (QED) is 0.444. The van der Waals surface area contributed by atoms with E-state index in [-0.39, 0.29) is 23.5 Å². The van der Waals surface area contributed by atoms with Crippen molar-refractivity contribution in [3.05, 3.63) is 70.6 Å². The molecule has 34 heavy (non-hydrogen) atoms. The first-order chi connectivity index (χ1) is 16.3. The largest absolute Gasteiger partial charge is 0.493 e. The fourth-order valence-electron chi connectivity index (χ4n) is 4.34. The summed E-state index contributed by atoms with van der Waals surface area (Å²) >= 11 is 1.47. The van der Waals surface area contributed by atoms with Crippen LogP contribution in [0.1, 0.15) is 34.1 Å². The van der Waals surface area contributed by atoms with Crippen LogP contribution in [0.5, 0.6) is 11.5 Å². The third-order valence-electron chi connectivity index (χ3n) is 6.15. The SMILES string of the molecule is CCc1cc(C(=O)N(Cc2ccc(OC)c(OC)c2)[C@@H]2CCS(=O)(=O)C2)sc1-c1ccccc1. The van der Waals surface area contributed by atoms with Crippen molar-refractivity contribution in [2.45, 2.75) is 32.4 Å². The monoisotopic (exact) mass is 499 g/mol. The molecule has 3 aromatic rings. The Bertz CT molecular complexity index is 1270. The molecule has 0 bridgehead atoms. The van der Waals surface area contributed by atoms with Crippen LogP contribution in [-0.2, 0) is 22.8 Å². The zero-order valence-corrected chi connectivity index (χ0v) is 21.2. The van der Waals surface area contributed by atoms with Crippen molar-refractivity contribution in [1.29, 1.82) is 0 Å². The van der Waals surface area contributed by atoms with Crippen molar-refractivity contribution in [2.24, 2.45) is 0 Å². The average Bonchev–Trinajstić information content (AvgIpc) is 3.45. The number of benzene rings is 2. The number of thiophene rings is 1. The van der Waals surface area contributed by atoms with Crippen LogP contribution in [0.25, 0.3) is 10.4 Å². The van der Waals surface area contributed by atoms with E-state index >= 15 is 0 Å². The van der Waals surface area contributed by atoms with Crippen LogP contribution in [0.2, 0.25) is 0 Å². The zero-order valence-electron chi connectivity index (χ0n) is 19.6. The van der Waals surface area contributed by atoms with Gasteiger partial charge in [0.05, 0.1) is 30.6 Å². The van der Waals surface area contributed by atoms with E-state index in [9.17, 15) is 13.2 Å². The lowest BCUT2D eigenvalue weighted by Gasteiger charge is -2.28. The molecule has 1 atom stereocenters. The van der Waals surface area contributed by atoms with Crippen molar-refractivity contribution >= 4 is 27.1 Å². The summed E-state index contributed by atoms with van der Waals surface area (Å²) in [7, 11) is -0.0186. The van der Waals surface area contributed by atoms with Crippen molar-refractivity contribution in [3.63, 3.8) is 0 Å². The van der Waals surface area contributed by atoms with Gasteiger partial charge in [-0.15, -0.1) is 11.3 Å². The number of hydrogen-bond donors (Lipinski definition) is 0. The summed E-state index contributed by atoms with van der Waals surface area (Å²) in [5.74, 6) is 1.13. The Labute approximate surface area is 205 Å². The maximum absolute atomic E-state index is 13.8. The average molecular weight is 500 g/mol. The van der Waals surface area contributed by atoms with Crippen LogP contribution in [-0.4, -0.2) is 51.0 Å². The molecule has 0 aliphatic carbocycles. The maximum atomic E-state index is 13.8. The molecule has 1 aliphatic rings. The summed E-state index contributed by atoms with van der Waals surface area (Å²) < 4.78 is 35.3. The fourth-order valence-corrected chi connectivity index (χ4v) is 7.28. The summed E-state index contributed by atoms with van der Waals surface area (Å²) in [5.41, 5.74) is 3.05. The third kappa shape index (κ3) is 5.13. The molecular weight excluding hydrogens is 470 g/mol. The van der Waals surface area contributed by atoms with Crippen LogP contribution >= 0.6 is 11.3 Å². The minimum Gasteiger partial charge on any atom is -0.493 e. The van der Waals surface area contributed by atoms with E-state index < -0.39 is 9.84 Å². The van der Waals surface area contributed by atoms with Gasteiger partial charge < -0.3 is 14.4 Å². The Balaban J connectivity index is 1.70. The van der Waals surface area contributed by atoms with Crippen LogP contribution in [0.15, 0.2) is 54.6 Å². The topological polar surface area (TPSA) is 72.9 Å². The summed E-state index contributed by atoms with van der Waals surface area (Å²) in [6, 6.07) is 17.2. The van der Waals surface area contributed by atoms with Gasteiger partial charge in [-0.25, -0.2) is 8.42 Å². The van der Waals surface area contributed by atoms with E-state index in [2.05, 4.69) is 6.92 Å². The van der Waals surface area contributed by atoms with Gasteiger partial charge in [0, 0.05) is 17.5 Å². The molecule has 1 amide bonds. The lowest BCUT2D eigenvalue weighted by atomic mass is 10.1. The van der Waals surface area contributed by atoms with Gasteiger partial charge in [0.2, 0.25) is 0 Å². The van der Waals surface area contributed by atoms with Gasteiger partial charge in [-0.2, -0.15) is 0 Å². The molecule has 1 fully saturated rings. The molecule has 0 spiro atoms. The van der Waals surface area contributed by atoms with Gasteiger partial charge in [0.1, 0.15) is 0 Å². The Morgan fingerprint density at radius 2 is 1.79 bits per heavy atom. The highest BCUT2D eigenvalue weighted by atomic mass is 32.2. The highest BCUT2D eigenvalue weighted by Crippen LogP contribution is 2.35. The number of hydrogen-bond acceptors (Lipinski definition) is 6. The zero-order chi connectivity index (χ0) is 24.3. The number of amides is 1. The number of nitrogens with zero attached hydrogens (tertiary/aromatic N) is 1. The molecule has 0 N–H and O–H groups in total. The highest BCUT2D eigenvalue weighted by molar-refractivity contribution is 7.91. The van der Waals surface area contributed by atoms with Gasteiger partial charge in [0.25, 0.3) is 5.91 Å². The number of carbonyl (C=O) groups is 1. The standard InChI is InChI=1S/C26H29NO5S2/c1-4-19-15-24(33-25(19)20-8-6-5-7-9-20)26(28)27(21-12-13-34(29,30)17-21)16-18-10-11-22(31-2)23(14-18)32-3/h5-11,14-15,21H,4,12-13,16-17H2,1-3H3/t21-/m1/s1. The van der Waals surface area contributed by atoms with E-state index in [0.29, 0.717) is 29.3 Å². The number of rotatable bonds is 8. The molecule has 0 unspecified atom stereocenters. The maximum Gasteiger partial charge on any atom is 0.264 e. The van der Waals surface area contributed by atoms with Crippen molar-refractivity contribution in [2.75, 3.05) is 25.7 Å². The lowest BCUT2D eigenvalue weighted by molar-refractivity contribution is 0.0685. The van der Waals surface area contributed by atoms with E-state index in [0.717, 1.165) is 28.0 Å². The second-order valence-electron chi connectivity index (χ2n) is 8.36. The molecular formula is C26H29NO5S2. The summed E-state index contributed by atoms with van der Waals surface area (Å²) in [5, 5.41) is 0. The minimum absolute atomic E-state index is 0.0103. The van der Waals surface area contributed by atoms with Crippen molar-refractivity contribution < 1.29 is 22.7 Å². The van der Waals surface area contributed by atoms with Crippen LogP contribution in [0.4, 0.5) is 0 Å². The Kier molecular flexibility index (Phi) is 7.28. The smallest absolute Gasteiger partial charge is 0.264 e. The van der Waals surface area contributed by atoms with Gasteiger partial charge in [-0.1, -0.05) is 43.3 Å². The Morgan fingerprint density at radius 3 is 2.41 bits per heavy atom. The molecule has 180 valence electrons. The molecule has 1 aromatic heterocycles. The van der Waals surface area contributed by atoms with Crippen molar-refractivity contribution in [3.8, 4) is 21.9 Å². The molecule has 2 aromatic carbocycles. The van der Waals surface area contributed by atoms with Crippen molar-refractivity contribution in [1.82, 2.24) is 4.90 Å². The van der Waals surface area contributed by atoms with Gasteiger partial charge in [-0.3, -0.25) is 4.79 Å². The first-order valence-electron chi connectivity index (χ1n) is 11.3. The Morgan fingerprint density at radius 1 is 1.06 bits per heavy atom. The van der Waals surface area contributed by atoms with Crippen LogP contribution < -0.4 is 9.47 Å². The second kappa shape index (κ2) is 10.2. The summed E-state index contributed by atoms with van der Waals surface area (Å²) in [6.45, 7) is 2.37. The third-order valence-corrected chi connectivity index (χ3v) is 9.11. The minimum atomic E-state index is -3.16. The van der Waals surface area contributed by atoms with Gasteiger partial charge in [-0.05, 0) is 47.7 Å². The van der Waals surface area contributed by atoms with E-state index in [4.69, 9.17) is 9.47 Å². The number of methoxy groups -OCH3 is 2. The molecule has 4 rings (SSSR count). The molecule has 1 aliphatic heterocycles. The molecule has 0 radical (unpaired) electrons. The van der Waals surface area contributed by atoms with Crippen LogP contribution in [0, 0.1) is 0 Å². The van der Waals surface area contributed by atoms with Crippen LogP contribution in [0.3, 0.4) is 0 Å². The van der Waals surface area contributed by atoms with Gasteiger partial charge in [0.15, 0.2) is 21.3 Å². The Hall–Kier alpha value is -2.84. The molecule has 2 heterocycles. The first kappa shape index (κ1) is 24.3. The fraction of sp³-hybridized carbons (Fsp3) is 0.346. The first-order valence-corrected chi connectivity index (χ1v) is 13.9. The number of carbonyl (C=O) groups excluding carboxylic acids is 1. The van der Waals surface area contributed by atoms with E-state index in [1.54, 1.807) is 25.2 Å². The highest BCUT2D eigenvalue weighted by Gasteiger charge is 2.36. The van der Waals surface area contributed by atoms with E-state index in [1.807, 2.05) is 48.5 Å². The number of sulfone groups is 1. The molecule has 8 heteroatoms. The predicted octanol–water partition coefficient (Wildman–Crippen LogP) is 4.82. The summed E-state index contributed by atoms with van der Waals surface area (Å²) in [6.07, 6.45) is 1.25. The number of ether oxygens (including phenoxy) is 2. The molecule has 0 saturated carbocycles. The summed E-state index contributed by atoms with van der Waals surface area (Å²) in [4.78, 5) is 17.2. The van der Waals surface area contributed by atoms with Gasteiger partial charge >= 0.3 is 0 Å². The lowest BCUT2D eigenvalue weighted by Crippen LogP contribution is -2.40.